The van der Waals surface area contributed by atoms with Crippen molar-refractivity contribution in [2.75, 3.05) is 13.1 Å². The van der Waals surface area contributed by atoms with Gasteiger partial charge in [-0.05, 0) is 55.5 Å². The topological polar surface area (TPSA) is 3.24 Å². The molecule has 1 saturated carbocycles. The number of hydrogen-bond acceptors (Lipinski definition) is 2. The van der Waals surface area contributed by atoms with Gasteiger partial charge in [0.05, 0.1) is 5.54 Å². The summed E-state index contributed by atoms with van der Waals surface area (Å²) in [5.41, 5.74) is 0.362. The molecular formula is C17H27NS. The largest absolute Gasteiger partial charge is 0.292 e. The molecule has 0 unspecified atom stereocenters. The third-order valence-electron chi connectivity index (χ3n) is 5.43. The average molecular weight is 277 g/mol. The van der Waals surface area contributed by atoms with E-state index in [4.69, 9.17) is 0 Å². The Morgan fingerprint density at radius 2 is 2.11 bits per heavy atom. The molecule has 3 atom stereocenters. The SMILES string of the molecule is C[C@@H]1CCCN([C@]2(c3cccs3)CCCC[C@@H]2C)C1. The van der Waals surface area contributed by atoms with E-state index in [0.717, 1.165) is 11.8 Å². The molecule has 2 aliphatic rings. The zero-order chi connectivity index (χ0) is 13.3. The van der Waals surface area contributed by atoms with Gasteiger partial charge in [-0.15, -0.1) is 11.3 Å². The van der Waals surface area contributed by atoms with Crippen molar-refractivity contribution in [2.24, 2.45) is 11.8 Å². The quantitative estimate of drug-likeness (QED) is 0.744. The van der Waals surface area contributed by atoms with Gasteiger partial charge in [-0.1, -0.05) is 32.8 Å². The van der Waals surface area contributed by atoms with Gasteiger partial charge in [0.2, 0.25) is 0 Å². The summed E-state index contributed by atoms with van der Waals surface area (Å²) in [7, 11) is 0. The maximum Gasteiger partial charge on any atom is 0.0579 e. The fourth-order valence-electron chi connectivity index (χ4n) is 4.40. The molecule has 1 saturated heterocycles. The van der Waals surface area contributed by atoms with E-state index in [1.165, 1.54) is 51.6 Å². The molecule has 0 aromatic carbocycles. The minimum Gasteiger partial charge on any atom is -0.292 e. The summed E-state index contributed by atoms with van der Waals surface area (Å²) >= 11 is 1.99. The van der Waals surface area contributed by atoms with Crippen molar-refractivity contribution in [3.63, 3.8) is 0 Å². The molecule has 0 N–H and O–H groups in total. The molecule has 0 radical (unpaired) electrons. The molecule has 2 heteroatoms. The Labute approximate surface area is 122 Å². The van der Waals surface area contributed by atoms with Gasteiger partial charge >= 0.3 is 0 Å². The lowest BCUT2D eigenvalue weighted by Gasteiger charge is -2.52. The Kier molecular flexibility index (Phi) is 4.00. The van der Waals surface area contributed by atoms with Crippen LogP contribution in [0.5, 0.6) is 0 Å². The summed E-state index contributed by atoms with van der Waals surface area (Å²) in [6, 6.07) is 4.64. The summed E-state index contributed by atoms with van der Waals surface area (Å²) < 4.78 is 0. The molecule has 0 spiro atoms. The van der Waals surface area contributed by atoms with E-state index < -0.39 is 0 Å². The van der Waals surface area contributed by atoms with Crippen LogP contribution in [0.4, 0.5) is 0 Å². The summed E-state index contributed by atoms with van der Waals surface area (Å²) in [6.07, 6.45) is 8.43. The summed E-state index contributed by atoms with van der Waals surface area (Å²) in [4.78, 5) is 4.49. The van der Waals surface area contributed by atoms with Gasteiger partial charge in [0, 0.05) is 11.4 Å². The molecule has 1 aromatic rings. The van der Waals surface area contributed by atoms with Crippen molar-refractivity contribution in [3.8, 4) is 0 Å². The third-order valence-corrected chi connectivity index (χ3v) is 6.47. The molecule has 2 fully saturated rings. The molecule has 0 amide bonds. The van der Waals surface area contributed by atoms with Gasteiger partial charge in [0.15, 0.2) is 0 Å². The molecule has 1 aliphatic carbocycles. The summed E-state index contributed by atoms with van der Waals surface area (Å²) in [5, 5.41) is 2.27. The van der Waals surface area contributed by atoms with Crippen molar-refractivity contribution < 1.29 is 0 Å². The van der Waals surface area contributed by atoms with E-state index in [-0.39, 0.29) is 0 Å². The van der Waals surface area contributed by atoms with Gasteiger partial charge in [-0.2, -0.15) is 0 Å². The van der Waals surface area contributed by atoms with Crippen molar-refractivity contribution in [3.05, 3.63) is 22.4 Å². The smallest absolute Gasteiger partial charge is 0.0579 e. The first-order valence-electron chi connectivity index (χ1n) is 8.02. The fourth-order valence-corrected chi connectivity index (χ4v) is 5.50. The number of thiophene rings is 1. The van der Waals surface area contributed by atoms with Crippen LogP contribution in [0.15, 0.2) is 17.5 Å². The zero-order valence-electron chi connectivity index (χ0n) is 12.4. The molecule has 3 rings (SSSR count). The first-order valence-corrected chi connectivity index (χ1v) is 8.90. The van der Waals surface area contributed by atoms with Gasteiger partial charge < -0.3 is 0 Å². The molecular weight excluding hydrogens is 250 g/mol. The normalized spacial score (nSPS) is 37.4. The van der Waals surface area contributed by atoms with Crippen LogP contribution in [0.3, 0.4) is 0 Å². The van der Waals surface area contributed by atoms with Crippen molar-refractivity contribution in [1.29, 1.82) is 0 Å². The van der Waals surface area contributed by atoms with Crippen LogP contribution < -0.4 is 0 Å². The Morgan fingerprint density at radius 3 is 2.79 bits per heavy atom. The Bertz CT molecular complexity index is 399. The van der Waals surface area contributed by atoms with E-state index >= 15 is 0 Å². The minimum absolute atomic E-state index is 0.362. The highest BCUT2D eigenvalue weighted by Gasteiger charge is 2.46. The van der Waals surface area contributed by atoms with E-state index in [1.54, 1.807) is 4.88 Å². The van der Waals surface area contributed by atoms with Crippen LogP contribution in [-0.4, -0.2) is 18.0 Å². The number of likely N-dealkylation sites (tertiary alicyclic amines) is 1. The molecule has 106 valence electrons. The predicted octanol–water partition coefficient (Wildman–Crippen LogP) is 4.89. The predicted molar refractivity (Wildman–Crippen MR) is 83.6 cm³/mol. The monoisotopic (exact) mass is 277 g/mol. The maximum atomic E-state index is 2.86. The van der Waals surface area contributed by atoms with Gasteiger partial charge in [0.1, 0.15) is 0 Å². The van der Waals surface area contributed by atoms with E-state index in [1.807, 2.05) is 11.3 Å². The second kappa shape index (κ2) is 5.57. The summed E-state index contributed by atoms with van der Waals surface area (Å²) in [5.74, 6) is 1.69. The molecule has 1 aromatic heterocycles. The van der Waals surface area contributed by atoms with Crippen LogP contribution >= 0.6 is 11.3 Å². The lowest BCUT2D eigenvalue weighted by Crippen LogP contribution is -2.54. The zero-order valence-corrected chi connectivity index (χ0v) is 13.2. The highest BCUT2D eigenvalue weighted by atomic mass is 32.1. The molecule has 2 heterocycles. The lowest BCUT2D eigenvalue weighted by atomic mass is 9.70. The third kappa shape index (κ3) is 2.38. The minimum atomic E-state index is 0.362. The van der Waals surface area contributed by atoms with Crippen molar-refractivity contribution in [2.45, 2.75) is 57.9 Å². The first-order chi connectivity index (χ1) is 9.23. The van der Waals surface area contributed by atoms with E-state index in [2.05, 4.69) is 36.3 Å². The summed E-state index contributed by atoms with van der Waals surface area (Å²) in [6.45, 7) is 7.55. The van der Waals surface area contributed by atoms with Crippen LogP contribution in [0, 0.1) is 11.8 Å². The number of nitrogens with zero attached hydrogens (tertiary/aromatic N) is 1. The Hall–Kier alpha value is -0.340. The van der Waals surface area contributed by atoms with Gasteiger partial charge in [-0.25, -0.2) is 0 Å². The maximum absolute atomic E-state index is 2.86. The number of piperidine rings is 1. The highest BCUT2D eigenvalue weighted by molar-refractivity contribution is 7.10. The van der Waals surface area contributed by atoms with Crippen molar-refractivity contribution >= 4 is 11.3 Å². The fraction of sp³-hybridized carbons (Fsp3) is 0.765. The molecule has 1 nitrogen and oxygen atoms in total. The first kappa shape index (κ1) is 13.6. The Balaban J connectivity index is 1.96. The second-order valence-electron chi connectivity index (χ2n) is 6.74. The Morgan fingerprint density at radius 1 is 1.21 bits per heavy atom. The number of hydrogen-bond donors (Lipinski definition) is 0. The van der Waals surface area contributed by atoms with Crippen molar-refractivity contribution in [1.82, 2.24) is 4.90 Å². The standard InChI is InChI=1S/C17H27NS/c1-14-7-5-11-18(13-14)17(16-9-6-12-19-16)10-4-3-8-15(17)2/h6,9,12,14-15H,3-5,7-8,10-11,13H2,1-2H3/t14-,15+,17-/m1/s1. The second-order valence-corrected chi connectivity index (χ2v) is 7.69. The number of rotatable bonds is 2. The molecule has 1 aliphatic heterocycles. The lowest BCUT2D eigenvalue weighted by molar-refractivity contribution is -0.0209. The van der Waals surface area contributed by atoms with E-state index in [0.29, 0.717) is 5.54 Å². The highest BCUT2D eigenvalue weighted by Crippen LogP contribution is 2.48. The van der Waals surface area contributed by atoms with Gasteiger partial charge in [-0.3, -0.25) is 4.90 Å². The van der Waals surface area contributed by atoms with Gasteiger partial charge in [0.25, 0.3) is 0 Å². The van der Waals surface area contributed by atoms with Crippen LogP contribution in [0.25, 0.3) is 0 Å². The average Bonchev–Trinajstić information content (AvgIpc) is 2.94. The van der Waals surface area contributed by atoms with Crippen LogP contribution in [0.1, 0.15) is 57.2 Å². The van der Waals surface area contributed by atoms with Crippen LogP contribution in [-0.2, 0) is 5.54 Å². The molecule has 19 heavy (non-hydrogen) atoms. The van der Waals surface area contributed by atoms with Crippen LogP contribution in [0.2, 0.25) is 0 Å². The van der Waals surface area contributed by atoms with E-state index in [9.17, 15) is 0 Å². The molecule has 0 bridgehead atoms.